The summed E-state index contributed by atoms with van der Waals surface area (Å²) < 4.78 is 16.0. The molecule has 26 heavy (non-hydrogen) atoms. The average Bonchev–Trinajstić information content (AvgIpc) is 2.67. The summed E-state index contributed by atoms with van der Waals surface area (Å²) in [7, 11) is 1.57. The topological polar surface area (TPSA) is 92.9 Å². The fourth-order valence-corrected chi connectivity index (χ4v) is 2.08. The number of carbonyl (C=O) groups is 1. The molecule has 134 valence electrons. The van der Waals surface area contributed by atoms with Crippen LogP contribution in [0.4, 0.5) is 0 Å². The van der Waals surface area contributed by atoms with Crippen molar-refractivity contribution in [3.05, 3.63) is 53.6 Å². The molecule has 0 aromatic heterocycles. The van der Waals surface area contributed by atoms with Crippen LogP contribution in [0.1, 0.15) is 18.1 Å². The number of nitriles is 1. The summed E-state index contributed by atoms with van der Waals surface area (Å²) in [6.07, 6.45) is 1.49. The minimum Gasteiger partial charge on any atom is -0.493 e. The Morgan fingerprint density at radius 2 is 2.00 bits per heavy atom. The van der Waals surface area contributed by atoms with Gasteiger partial charge in [-0.25, -0.2) is 5.43 Å². The molecule has 0 aliphatic rings. The van der Waals surface area contributed by atoms with E-state index < -0.39 is 5.91 Å². The molecule has 0 radical (unpaired) electrons. The number of nitrogens with zero attached hydrogens (tertiary/aromatic N) is 2. The van der Waals surface area contributed by atoms with Crippen molar-refractivity contribution in [2.75, 3.05) is 20.3 Å². The van der Waals surface area contributed by atoms with Crippen molar-refractivity contribution in [1.29, 1.82) is 5.26 Å². The number of carbonyl (C=O) groups excluding carboxylic acids is 1. The first-order valence-corrected chi connectivity index (χ1v) is 7.92. The monoisotopic (exact) mass is 353 g/mol. The first kappa shape index (κ1) is 18.8. The highest BCUT2D eigenvalue weighted by Crippen LogP contribution is 2.27. The summed E-state index contributed by atoms with van der Waals surface area (Å²) in [6, 6.07) is 14.0. The highest BCUT2D eigenvalue weighted by molar-refractivity contribution is 5.83. The molecule has 0 saturated carbocycles. The molecule has 1 amide bonds. The molecule has 2 rings (SSSR count). The standard InChI is InChI=1S/C19H19N3O4/c1-3-25-18-10-14(8-9-17(18)24-2)12-21-22-19(23)13-26-16-7-5-4-6-15(16)11-20/h4-10,12H,3,13H2,1-2H3,(H,22,23)/b21-12+. The molecule has 2 aromatic carbocycles. The van der Waals surface area contributed by atoms with E-state index in [0.29, 0.717) is 29.4 Å². The maximum absolute atomic E-state index is 11.8. The Kier molecular flexibility index (Phi) is 7.01. The highest BCUT2D eigenvalue weighted by atomic mass is 16.5. The van der Waals surface area contributed by atoms with Crippen molar-refractivity contribution in [1.82, 2.24) is 5.43 Å². The van der Waals surface area contributed by atoms with Crippen LogP contribution in [0.2, 0.25) is 0 Å². The first-order valence-electron chi connectivity index (χ1n) is 7.92. The zero-order chi connectivity index (χ0) is 18.8. The van der Waals surface area contributed by atoms with Crippen molar-refractivity contribution in [3.8, 4) is 23.3 Å². The summed E-state index contributed by atoms with van der Waals surface area (Å²) in [5.41, 5.74) is 3.48. The molecule has 0 bridgehead atoms. The van der Waals surface area contributed by atoms with E-state index in [0.717, 1.165) is 5.56 Å². The Balaban J connectivity index is 1.90. The van der Waals surface area contributed by atoms with E-state index in [1.165, 1.54) is 6.21 Å². The second-order valence-corrected chi connectivity index (χ2v) is 5.03. The highest BCUT2D eigenvalue weighted by Gasteiger charge is 2.06. The van der Waals surface area contributed by atoms with E-state index in [-0.39, 0.29) is 6.61 Å². The van der Waals surface area contributed by atoms with Crippen molar-refractivity contribution >= 4 is 12.1 Å². The van der Waals surface area contributed by atoms with Gasteiger partial charge in [0.15, 0.2) is 18.1 Å². The molecule has 7 heteroatoms. The van der Waals surface area contributed by atoms with Gasteiger partial charge in [0.2, 0.25) is 0 Å². The fourth-order valence-electron chi connectivity index (χ4n) is 2.08. The third kappa shape index (κ3) is 5.24. The molecule has 0 aliphatic carbocycles. The number of rotatable bonds is 8. The average molecular weight is 353 g/mol. The summed E-state index contributed by atoms with van der Waals surface area (Å²) in [4.78, 5) is 11.8. The Hall–Kier alpha value is -3.53. The van der Waals surface area contributed by atoms with Gasteiger partial charge in [0, 0.05) is 0 Å². The predicted octanol–water partition coefficient (Wildman–Crippen LogP) is 2.49. The van der Waals surface area contributed by atoms with Crippen LogP contribution in [0.3, 0.4) is 0 Å². The van der Waals surface area contributed by atoms with Crippen molar-refractivity contribution < 1.29 is 19.0 Å². The van der Waals surface area contributed by atoms with E-state index in [1.54, 1.807) is 49.6 Å². The summed E-state index contributed by atoms with van der Waals surface area (Å²) in [5.74, 6) is 1.14. The fraction of sp³-hybridized carbons (Fsp3) is 0.211. The number of methoxy groups -OCH3 is 1. The Bertz CT molecular complexity index is 828. The zero-order valence-electron chi connectivity index (χ0n) is 14.6. The molecule has 0 spiro atoms. The minimum absolute atomic E-state index is 0.247. The van der Waals surface area contributed by atoms with Gasteiger partial charge in [-0.2, -0.15) is 10.4 Å². The van der Waals surface area contributed by atoms with Crippen LogP contribution in [0.25, 0.3) is 0 Å². The van der Waals surface area contributed by atoms with Gasteiger partial charge < -0.3 is 14.2 Å². The van der Waals surface area contributed by atoms with Crippen LogP contribution in [-0.2, 0) is 4.79 Å². The molecule has 0 atom stereocenters. The van der Waals surface area contributed by atoms with Gasteiger partial charge in [0.1, 0.15) is 11.8 Å². The number of hydrogen-bond acceptors (Lipinski definition) is 6. The Labute approximate surface area is 151 Å². The van der Waals surface area contributed by atoms with Gasteiger partial charge in [0.05, 0.1) is 25.5 Å². The lowest BCUT2D eigenvalue weighted by molar-refractivity contribution is -0.123. The van der Waals surface area contributed by atoms with Gasteiger partial charge in [-0.3, -0.25) is 4.79 Å². The van der Waals surface area contributed by atoms with Gasteiger partial charge in [-0.05, 0) is 42.8 Å². The predicted molar refractivity (Wildman–Crippen MR) is 96.6 cm³/mol. The number of ether oxygens (including phenoxy) is 3. The van der Waals surface area contributed by atoms with Crippen LogP contribution in [0.5, 0.6) is 17.2 Å². The van der Waals surface area contributed by atoms with Crippen LogP contribution in [0, 0.1) is 11.3 Å². The van der Waals surface area contributed by atoms with Crippen molar-refractivity contribution in [3.63, 3.8) is 0 Å². The van der Waals surface area contributed by atoms with Gasteiger partial charge >= 0.3 is 0 Å². The van der Waals surface area contributed by atoms with Crippen molar-refractivity contribution in [2.24, 2.45) is 5.10 Å². The molecule has 2 aromatic rings. The third-order valence-electron chi connectivity index (χ3n) is 3.26. The lowest BCUT2D eigenvalue weighted by Gasteiger charge is -2.09. The lowest BCUT2D eigenvalue weighted by Crippen LogP contribution is -2.24. The second kappa shape index (κ2) is 9.69. The Morgan fingerprint density at radius 1 is 1.19 bits per heavy atom. The quantitative estimate of drug-likeness (QED) is 0.581. The third-order valence-corrected chi connectivity index (χ3v) is 3.26. The van der Waals surface area contributed by atoms with E-state index >= 15 is 0 Å². The smallest absolute Gasteiger partial charge is 0.277 e. The largest absolute Gasteiger partial charge is 0.493 e. The molecule has 0 fully saturated rings. The molecule has 1 N–H and O–H groups in total. The van der Waals surface area contributed by atoms with E-state index in [2.05, 4.69) is 10.5 Å². The molecule has 7 nitrogen and oxygen atoms in total. The van der Waals surface area contributed by atoms with Gasteiger partial charge in [0.25, 0.3) is 5.91 Å². The lowest BCUT2D eigenvalue weighted by atomic mass is 10.2. The first-order chi connectivity index (χ1) is 12.7. The SMILES string of the molecule is CCOc1cc(/C=N/NC(=O)COc2ccccc2C#N)ccc1OC. The second-order valence-electron chi connectivity index (χ2n) is 5.03. The number of hydrogen-bond donors (Lipinski definition) is 1. The van der Waals surface area contributed by atoms with Gasteiger partial charge in [-0.1, -0.05) is 12.1 Å². The zero-order valence-corrected chi connectivity index (χ0v) is 14.6. The normalized spacial score (nSPS) is 10.2. The molecule has 0 aliphatic heterocycles. The summed E-state index contributed by atoms with van der Waals surface area (Å²) in [6.45, 7) is 2.14. The molecular formula is C19H19N3O4. The summed E-state index contributed by atoms with van der Waals surface area (Å²) in [5, 5.41) is 12.9. The number of hydrazone groups is 1. The van der Waals surface area contributed by atoms with E-state index in [4.69, 9.17) is 19.5 Å². The van der Waals surface area contributed by atoms with E-state index in [9.17, 15) is 4.79 Å². The van der Waals surface area contributed by atoms with Gasteiger partial charge in [-0.15, -0.1) is 0 Å². The molecule has 0 unspecified atom stereocenters. The maximum Gasteiger partial charge on any atom is 0.277 e. The molecule has 0 saturated heterocycles. The molecular weight excluding hydrogens is 334 g/mol. The molecule has 0 heterocycles. The number of amides is 1. The van der Waals surface area contributed by atoms with Crippen LogP contribution < -0.4 is 19.6 Å². The minimum atomic E-state index is -0.437. The number of para-hydroxylation sites is 1. The van der Waals surface area contributed by atoms with Crippen LogP contribution in [0.15, 0.2) is 47.6 Å². The van der Waals surface area contributed by atoms with E-state index in [1.807, 2.05) is 13.0 Å². The number of benzene rings is 2. The number of nitrogens with one attached hydrogen (secondary N) is 1. The maximum atomic E-state index is 11.8. The van der Waals surface area contributed by atoms with Crippen LogP contribution >= 0.6 is 0 Å². The van der Waals surface area contributed by atoms with Crippen LogP contribution in [-0.4, -0.2) is 32.4 Å². The van der Waals surface area contributed by atoms with Crippen molar-refractivity contribution in [2.45, 2.75) is 6.92 Å². The summed E-state index contributed by atoms with van der Waals surface area (Å²) >= 11 is 0. The Morgan fingerprint density at radius 3 is 2.73 bits per heavy atom.